The van der Waals surface area contributed by atoms with Gasteiger partial charge in [0, 0.05) is 17.1 Å². The third-order valence-corrected chi connectivity index (χ3v) is 2.53. The van der Waals surface area contributed by atoms with Crippen LogP contribution in [0.25, 0.3) is 0 Å². The molecule has 1 aromatic carbocycles. The Morgan fingerprint density at radius 1 is 1.25 bits per heavy atom. The molecule has 0 aliphatic rings. The van der Waals surface area contributed by atoms with Crippen LogP contribution in [0.1, 0.15) is 0 Å². The standard InChI is InChI=1S/C10H12F3NOS/c1-16-9-4-2-8(3-5-9)14-6-7-15-10(11,12)13/h2-5,14H,6-7H2,1H3. The van der Waals surface area contributed by atoms with Gasteiger partial charge in [-0.05, 0) is 30.5 Å². The van der Waals surface area contributed by atoms with Crippen LogP contribution < -0.4 is 5.32 Å². The highest BCUT2D eigenvalue weighted by Crippen LogP contribution is 2.18. The number of anilines is 1. The van der Waals surface area contributed by atoms with Crippen LogP contribution in [-0.2, 0) is 4.74 Å². The van der Waals surface area contributed by atoms with Gasteiger partial charge in [0.1, 0.15) is 0 Å². The fraction of sp³-hybridized carbons (Fsp3) is 0.400. The van der Waals surface area contributed by atoms with Crippen molar-refractivity contribution in [3.63, 3.8) is 0 Å². The Kier molecular flexibility index (Phi) is 4.95. The summed E-state index contributed by atoms with van der Waals surface area (Å²) in [4.78, 5) is 1.11. The van der Waals surface area contributed by atoms with Crippen LogP contribution in [0.5, 0.6) is 0 Å². The van der Waals surface area contributed by atoms with Crippen molar-refractivity contribution in [1.82, 2.24) is 0 Å². The normalized spacial score (nSPS) is 11.5. The molecule has 0 amide bonds. The van der Waals surface area contributed by atoms with E-state index in [4.69, 9.17) is 0 Å². The molecule has 0 aliphatic heterocycles. The van der Waals surface area contributed by atoms with Gasteiger partial charge in [-0.25, -0.2) is 0 Å². The van der Waals surface area contributed by atoms with E-state index < -0.39 is 13.0 Å². The highest BCUT2D eigenvalue weighted by molar-refractivity contribution is 7.98. The van der Waals surface area contributed by atoms with Gasteiger partial charge >= 0.3 is 6.36 Å². The van der Waals surface area contributed by atoms with Crippen LogP contribution in [0.3, 0.4) is 0 Å². The summed E-state index contributed by atoms with van der Waals surface area (Å²) in [6.45, 7) is -0.272. The first kappa shape index (κ1) is 13.2. The molecular formula is C10H12F3NOS. The van der Waals surface area contributed by atoms with E-state index in [0.717, 1.165) is 10.6 Å². The molecule has 0 bridgehead atoms. The second kappa shape index (κ2) is 6.00. The molecule has 2 nitrogen and oxygen atoms in total. The van der Waals surface area contributed by atoms with Gasteiger partial charge in [-0.15, -0.1) is 24.9 Å². The first-order valence-electron chi connectivity index (χ1n) is 4.60. The number of ether oxygens (including phenoxy) is 1. The van der Waals surface area contributed by atoms with Gasteiger partial charge in [0.2, 0.25) is 0 Å². The maximum Gasteiger partial charge on any atom is 0.522 e. The van der Waals surface area contributed by atoms with E-state index in [1.165, 1.54) is 0 Å². The van der Waals surface area contributed by atoms with Crippen molar-refractivity contribution >= 4 is 17.4 Å². The molecule has 1 N–H and O–H groups in total. The Bertz CT molecular complexity index is 313. The van der Waals surface area contributed by atoms with Crippen LogP contribution in [-0.4, -0.2) is 25.8 Å². The zero-order chi connectivity index (χ0) is 12.0. The zero-order valence-corrected chi connectivity index (χ0v) is 9.49. The molecule has 0 aliphatic carbocycles. The maximum absolute atomic E-state index is 11.6. The number of hydrogen-bond acceptors (Lipinski definition) is 3. The molecule has 0 heterocycles. The molecule has 0 aromatic heterocycles. The lowest BCUT2D eigenvalue weighted by Crippen LogP contribution is -2.19. The average molecular weight is 251 g/mol. The minimum Gasteiger partial charge on any atom is -0.383 e. The number of rotatable bonds is 5. The molecule has 1 aromatic rings. The van der Waals surface area contributed by atoms with Crippen molar-refractivity contribution in [2.45, 2.75) is 11.3 Å². The van der Waals surface area contributed by atoms with E-state index in [1.54, 1.807) is 11.8 Å². The topological polar surface area (TPSA) is 21.3 Å². The molecule has 1 rings (SSSR count). The zero-order valence-electron chi connectivity index (χ0n) is 8.67. The summed E-state index contributed by atoms with van der Waals surface area (Å²) in [6, 6.07) is 7.44. The predicted molar refractivity (Wildman–Crippen MR) is 58.7 cm³/mol. The van der Waals surface area contributed by atoms with Crippen LogP contribution in [0.2, 0.25) is 0 Å². The summed E-state index contributed by atoms with van der Waals surface area (Å²) >= 11 is 1.61. The Morgan fingerprint density at radius 3 is 2.38 bits per heavy atom. The molecule has 0 fully saturated rings. The van der Waals surface area contributed by atoms with Crippen LogP contribution in [0.15, 0.2) is 29.2 Å². The number of nitrogens with one attached hydrogen (secondary N) is 1. The summed E-state index contributed by atoms with van der Waals surface area (Å²) in [5.74, 6) is 0. The third-order valence-electron chi connectivity index (χ3n) is 1.79. The highest BCUT2D eigenvalue weighted by atomic mass is 32.2. The van der Waals surface area contributed by atoms with Gasteiger partial charge in [0.15, 0.2) is 0 Å². The lowest BCUT2D eigenvalue weighted by Gasteiger charge is -2.09. The second-order valence-electron chi connectivity index (χ2n) is 2.95. The Hall–Kier alpha value is -0.880. The molecule has 0 atom stereocenters. The van der Waals surface area contributed by atoms with Crippen LogP contribution in [0, 0.1) is 0 Å². The van der Waals surface area contributed by atoms with Gasteiger partial charge in [0.05, 0.1) is 6.61 Å². The van der Waals surface area contributed by atoms with Crippen molar-refractivity contribution < 1.29 is 17.9 Å². The Balaban J connectivity index is 2.27. The largest absolute Gasteiger partial charge is 0.522 e. The molecule has 0 saturated carbocycles. The first-order valence-corrected chi connectivity index (χ1v) is 5.82. The number of alkyl halides is 3. The van der Waals surface area contributed by atoms with Crippen molar-refractivity contribution in [3.8, 4) is 0 Å². The molecule has 0 saturated heterocycles. The molecule has 0 spiro atoms. The minimum absolute atomic E-state index is 0.123. The quantitative estimate of drug-likeness (QED) is 0.640. The second-order valence-corrected chi connectivity index (χ2v) is 3.83. The first-order chi connectivity index (χ1) is 7.51. The lowest BCUT2D eigenvalue weighted by atomic mass is 10.3. The number of benzene rings is 1. The molecule has 90 valence electrons. The summed E-state index contributed by atoms with van der Waals surface area (Å²) in [6.07, 6.45) is -2.59. The lowest BCUT2D eigenvalue weighted by molar-refractivity contribution is -0.322. The summed E-state index contributed by atoms with van der Waals surface area (Å²) in [5, 5.41) is 2.83. The van der Waals surface area contributed by atoms with E-state index >= 15 is 0 Å². The smallest absolute Gasteiger partial charge is 0.383 e. The average Bonchev–Trinajstić information content (AvgIpc) is 2.24. The fourth-order valence-corrected chi connectivity index (χ4v) is 1.48. The molecule has 6 heteroatoms. The summed E-state index contributed by atoms with van der Waals surface area (Å²) < 4.78 is 38.5. The fourth-order valence-electron chi connectivity index (χ4n) is 1.07. The van der Waals surface area contributed by atoms with Gasteiger partial charge in [-0.3, -0.25) is 4.74 Å². The highest BCUT2D eigenvalue weighted by Gasteiger charge is 2.28. The minimum atomic E-state index is -4.55. The van der Waals surface area contributed by atoms with E-state index in [1.807, 2.05) is 30.5 Å². The van der Waals surface area contributed by atoms with E-state index in [9.17, 15) is 13.2 Å². The summed E-state index contributed by atoms with van der Waals surface area (Å²) in [7, 11) is 0. The molecule has 16 heavy (non-hydrogen) atoms. The Labute approximate surface area is 96.2 Å². The van der Waals surface area contributed by atoms with Crippen molar-refractivity contribution in [3.05, 3.63) is 24.3 Å². The number of thioether (sulfide) groups is 1. The monoisotopic (exact) mass is 251 g/mol. The molecule has 0 radical (unpaired) electrons. The Morgan fingerprint density at radius 2 is 1.88 bits per heavy atom. The number of halogens is 3. The van der Waals surface area contributed by atoms with Crippen LogP contribution in [0.4, 0.5) is 18.9 Å². The maximum atomic E-state index is 11.6. The van der Waals surface area contributed by atoms with Gasteiger partial charge < -0.3 is 5.32 Å². The van der Waals surface area contributed by atoms with Crippen LogP contribution >= 0.6 is 11.8 Å². The third kappa shape index (κ3) is 5.27. The van der Waals surface area contributed by atoms with Gasteiger partial charge in [-0.1, -0.05) is 0 Å². The van der Waals surface area contributed by atoms with Gasteiger partial charge in [-0.2, -0.15) is 0 Å². The molecular weight excluding hydrogens is 239 g/mol. The SMILES string of the molecule is CSc1ccc(NCCOC(F)(F)F)cc1. The van der Waals surface area contributed by atoms with E-state index in [0.29, 0.717) is 0 Å². The molecule has 0 unspecified atom stereocenters. The predicted octanol–water partition coefficient (Wildman–Crippen LogP) is 3.36. The van der Waals surface area contributed by atoms with Gasteiger partial charge in [0.25, 0.3) is 0 Å². The van der Waals surface area contributed by atoms with Crippen molar-refractivity contribution in [2.24, 2.45) is 0 Å². The van der Waals surface area contributed by atoms with Crippen molar-refractivity contribution in [2.75, 3.05) is 24.7 Å². The summed E-state index contributed by atoms with van der Waals surface area (Å²) in [5.41, 5.74) is 0.781. The number of hydrogen-bond donors (Lipinski definition) is 1. The van der Waals surface area contributed by atoms with E-state index in [-0.39, 0.29) is 6.54 Å². The van der Waals surface area contributed by atoms with Crippen molar-refractivity contribution in [1.29, 1.82) is 0 Å². The van der Waals surface area contributed by atoms with E-state index in [2.05, 4.69) is 10.1 Å².